The van der Waals surface area contributed by atoms with Gasteiger partial charge in [0.15, 0.2) is 0 Å². The number of hydrogen-bond acceptors (Lipinski definition) is 2. The highest BCUT2D eigenvalue weighted by molar-refractivity contribution is 5.90. The summed E-state index contributed by atoms with van der Waals surface area (Å²) in [5.74, 6) is 6.22. The lowest BCUT2D eigenvalue weighted by Gasteiger charge is -2.23. The molecular weight excluding hydrogens is 300 g/mol. The monoisotopic (exact) mass is 320 g/mol. The molecule has 0 radical (unpaired) electrons. The molecule has 2 N–H and O–H groups in total. The molecule has 0 spiro atoms. The number of hydrogen-bond donors (Lipinski definition) is 2. The van der Waals surface area contributed by atoms with Crippen LogP contribution in [0.4, 0.5) is 10.5 Å². The molecule has 0 saturated carbocycles. The van der Waals surface area contributed by atoms with Crippen molar-refractivity contribution in [2.24, 2.45) is 0 Å². The molecule has 1 fully saturated rings. The number of carbonyl (C=O) groups excluding carboxylic acids is 1. The van der Waals surface area contributed by atoms with Crippen molar-refractivity contribution in [3.05, 3.63) is 65.7 Å². The lowest BCUT2D eigenvalue weighted by atomic mass is 10.1. The normalized spacial score (nSPS) is 16.4. The van der Waals surface area contributed by atoms with Crippen molar-refractivity contribution in [1.82, 2.24) is 4.90 Å². The Hall–Kier alpha value is -2.77. The van der Waals surface area contributed by atoms with Crippen LogP contribution in [0.1, 0.15) is 24.0 Å². The first-order valence-corrected chi connectivity index (χ1v) is 8.12. The average molecular weight is 320 g/mol. The Kier molecular flexibility index (Phi) is 5.15. The largest absolute Gasteiger partial charge is 0.394 e. The Balaban J connectivity index is 1.69. The third kappa shape index (κ3) is 3.95. The lowest BCUT2D eigenvalue weighted by molar-refractivity contribution is 0.166. The smallest absolute Gasteiger partial charge is 0.322 e. The molecule has 4 heteroatoms. The first-order valence-electron chi connectivity index (χ1n) is 8.12. The summed E-state index contributed by atoms with van der Waals surface area (Å²) in [6, 6.07) is 17.0. The fourth-order valence-corrected chi connectivity index (χ4v) is 2.83. The summed E-state index contributed by atoms with van der Waals surface area (Å²) in [7, 11) is 0. The van der Waals surface area contributed by atoms with Crippen LogP contribution in [0.2, 0.25) is 0 Å². The molecule has 1 aliphatic heterocycles. The minimum Gasteiger partial charge on any atom is -0.394 e. The second-order valence-electron chi connectivity index (χ2n) is 5.80. The van der Waals surface area contributed by atoms with Crippen LogP contribution >= 0.6 is 0 Å². The quantitative estimate of drug-likeness (QED) is 0.836. The van der Waals surface area contributed by atoms with E-state index in [1.807, 2.05) is 54.6 Å². The third-order valence-corrected chi connectivity index (χ3v) is 4.09. The molecule has 0 aliphatic carbocycles. The van der Waals surface area contributed by atoms with Gasteiger partial charge in [0.25, 0.3) is 0 Å². The predicted molar refractivity (Wildman–Crippen MR) is 94.7 cm³/mol. The van der Waals surface area contributed by atoms with E-state index >= 15 is 0 Å². The van der Waals surface area contributed by atoms with Crippen LogP contribution in [-0.4, -0.2) is 35.2 Å². The summed E-state index contributed by atoms with van der Waals surface area (Å²) in [5, 5.41) is 12.2. The van der Waals surface area contributed by atoms with Crippen molar-refractivity contribution in [3.63, 3.8) is 0 Å². The first-order chi connectivity index (χ1) is 11.8. The van der Waals surface area contributed by atoms with Gasteiger partial charge in [-0.05, 0) is 43.2 Å². The van der Waals surface area contributed by atoms with Crippen LogP contribution in [0.3, 0.4) is 0 Å². The molecule has 4 nitrogen and oxygen atoms in total. The van der Waals surface area contributed by atoms with Crippen molar-refractivity contribution in [2.75, 3.05) is 18.5 Å². The van der Waals surface area contributed by atoms with Crippen LogP contribution in [-0.2, 0) is 0 Å². The first kappa shape index (κ1) is 16.1. The molecular formula is C20H20N2O2. The summed E-state index contributed by atoms with van der Waals surface area (Å²) in [4.78, 5) is 14.0. The van der Waals surface area contributed by atoms with Crippen molar-refractivity contribution in [3.8, 4) is 11.8 Å². The highest BCUT2D eigenvalue weighted by Gasteiger charge is 2.27. The SMILES string of the molecule is O=C(Nc1cccc(C#Cc2ccccc2)c1)N1CCC[C@H]1CO. The van der Waals surface area contributed by atoms with Crippen molar-refractivity contribution >= 4 is 11.7 Å². The van der Waals surface area contributed by atoms with E-state index in [1.165, 1.54) is 0 Å². The Labute approximate surface area is 142 Å². The zero-order valence-corrected chi connectivity index (χ0v) is 13.4. The van der Waals surface area contributed by atoms with Gasteiger partial charge in [-0.25, -0.2) is 4.79 Å². The predicted octanol–water partition coefficient (Wildman–Crippen LogP) is 3.08. The Morgan fingerprint density at radius 3 is 2.67 bits per heavy atom. The van der Waals surface area contributed by atoms with Crippen molar-refractivity contribution in [1.29, 1.82) is 0 Å². The topological polar surface area (TPSA) is 52.6 Å². The Bertz CT molecular complexity index is 762. The van der Waals surface area contributed by atoms with Crippen LogP contribution in [0, 0.1) is 11.8 Å². The zero-order valence-electron chi connectivity index (χ0n) is 13.4. The third-order valence-electron chi connectivity index (χ3n) is 4.09. The molecule has 24 heavy (non-hydrogen) atoms. The molecule has 0 bridgehead atoms. The van der Waals surface area contributed by atoms with Crippen LogP contribution in [0.25, 0.3) is 0 Å². The molecule has 2 amide bonds. The molecule has 1 heterocycles. The van der Waals surface area contributed by atoms with E-state index in [-0.39, 0.29) is 18.7 Å². The highest BCUT2D eigenvalue weighted by atomic mass is 16.3. The van der Waals surface area contributed by atoms with E-state index in [2.05, 4.69) is 17.2 Å². The number of nitrogens with zero attached hydrogens (tertiary/aromatic N) is 1. The molecule has 1 atom stereocenters. The summed E-state index contributed by atoms with van der Waals surface area (Å²) < 4.78 is 0. The molecule has 0 unspecified atom stereocenters. The Morgan fingerprint density at radius 1 is 1.12 bits per heavy atom. The van der Waals surface area contributed by atoms with Crippen molar-refractivity contribution < 1.29 is 9.90 Å². The number of aliphatic hydroxyl groups is 1. The number of carbonyl (C=O) groups is 1. The number of likely N-dealkylation sites (tertiary alicyclic amines) is 1. The number of benzene rings is 2. The van der Waals surface area contributed by atoms with Gasteiger partial charge in [0.1, 0.15) is 0 Å². The standard InChI is InChI=1S/C20H20N2O2/c23-15-19-10-5-13-22(19)20(24)21-18-9-4-8-17(14-18)12-11-16-6-2-1-3-7-16/h1-4,6-9,14,19,23H,5,10,13,15H2,(H,21,24)/t19-/m0/s1. The van der Waals surface area contributed by atoms with Crippen LogP contribution in [0.5, 0.6) is 0 Å². The molecule has 2 aromatic carbocycles. The van der Waals surface area contributed by atoms with E-state index in [0.717, 1.165) is 24.0 Å². The van der Waals surface area contributed by atoms with E-state index in [4.69, 9.17) is 0 Å². The van der Waals surface area contributed by atoms with Crippen LogP contribution < -0.4 is 5.32 Å². The number of urea groups is 1. The average Bonchev–Trinajstić information content (AvgIpc) is 3.10. The number of rotatable bonds is 2. The van der Waals surface area contributed by atoms with E-state index in [0.29, 0.717) is 12.2 Å². The van der Waals surface area contributed by atoms with E-state index < -0.39 is 0 Å². The van der Waals surface area contributed by atoms with Gasteiger partial charge in [0.2, 0.25) is 0 Å². The van der Waals surface area contributed by atoms with Gasteiger partial charge in [-0.15, -0.1) is 0 Å². The molecule has 0 aromatic heterocycles. The molecule has 122 valence electrons. The maximum absolute atomic E-state index is 12.3. The van der Waals surface area contributed by atoms with Gasteiger partial charge >= 0.3 is 6.03 Å². The van der Waals surface area contributed by atoms with Gasteiger partial charge in [0.05, 0.1) is 12.6 Å². The van der Waals surface area contributed by atoms with Gasteiger partial charge in [-0.1, -0.05) is 36.1 Å². The van der Waals surface area contributed by atoms with Gasteiger partial charge in [0, 0.05) is 23.4 Å². The van der Waals surface area contributed by atoms with Gasteiger partial charge in [-0.3, -0.25) is 0 Å². The number of anilines is 1. The minimum absolute atomic E-state index is 0.00993. The van der Waals surface area contributed by atoms with Gasteiger partial charge < -0.3 is 15.3 Å². The highest BCUT2D eigenvalue weighted by Crippen LogP contribution is 2.19. The lowest BCUT2D eigenvalue weighted by Crippen LogP contribution is -2.40. The second kappa shape index (κ2) is 7.67. The molecule has 1 saturated heterocycles. The fraction of sp³-hybridized carbons (Fsp3) is 0.250. The number of amides is 2. The van der Waals surface area contributed by atoms with Gasteiger partial charge in [-0.2, -0.15) is 0 Å². The number of aliphatic hydroxyl groups excluding tert-OH is 1. The van der Waals surface area contributed by atoms with Crippen LogP contribution in [0.15, 0.2) is 54.6 Å². The minimum atomic E-state index is -0.167. The van der Waals surface area contributed by atoms with E-state index in [1.54, 1.807) is 4.90 Å². The molecule has 2 aromatic rings. The zero-order chi connectivity index (χ0) is 16.8. The fourth-order valence-electron chi connectivity index (χ4n) is 2.83. The van der Waals surface area contributed by atoms with Crippen molar-refractivity contribution in [2.45, 2.75) is 18.9 Å². The Morgan fingerprint density at radius 2 is 1.88 bits per heavy atom. The molecule has 1 aliphatic rings. The summed E-state index contributed by atoms with van der Waals surface area (Å²) in [6.45, 7) is 0.695. The maximum atomic E-state index is 12.3. The summed E-state index contributed by atoms with van der Waals surface area (Å²) in [6.07, 6.45) is 1.79. The summed E-state index contributed by atoms with van der Waals surface area (Å²) in [5.41, 5.74) is 2.51. The summed E-state index contributed by atoms with van der Waals surface area (Å²) >= 11 is 0. The molecule has 3 rings (SSSR count). The number of nitrogens with one attached hydrogen (secondary N) is 1. The second-order valence-corrected chi connectivity index (χ2v) is 5.80. The maximum Gasteiger partial charge on any atom is 0.322 e. The van der Waals surface area contributed by atoms with E-state index in [9.17, 15) is 9.90 Å².